The number of aromatic nitrogens is 2. The Morgan fingerprint density at radius 2 is 2.07 bits per heavy atom. The quantitative estimate of drug-likeness (QED) is 0.734. The molecular formula is C19H21N5O3. The van der Waals surface area contributed by atoms with Crippen molar-refractivity contribution in [3.8, 4) is 0 Å². The standard InChI is InChI=1S/C19H21N5O3/c1-12-16(9-15(23-22-12)14-10-20-19(26)21-18(14)25)24-7-8-27-17(11-24)13-5-3-2-4-6-13/h2-6,9-10,17,19-20,26H,7-8,11H2,1H3,(H,21,25). The highest BCUT2D eigenvalue weighted by atomic mass is 16.5. The monoisotopic (exact) mass is 367 g/mol. The summed E-state index contributed by atoms with van der Waals surface area (Å²) in [7, 11) is 0. The number of rotatable bonds is 3. The summed E-state index contributed by atoms with van der Waals surface area (Å²) < 4.78 is 5.94. The summed E-state index contributed by atoms with van der Waals surface area (Å²) in [6.07, 6.45) is 0.341. The van der Waals surface area contributed by atoms with Gasteiger partial charge >= 0.3 is 0 Å². The molecule has 0 bridgehead atoms. The van der Waals surface area contributed by atoms with E-state index in [0.29, 0.717) is 24.4 Å². The second kappa shape index (κ2) is 7.34. The Bertz CT molecular complexity index is 871. The number of hydrogen-bond acceptors (Lipinski definition) is 7. The number of morpholine rings is 1. The third kappa shape index (κ3) is 3.62. The summed E-state index contributed by atoms with van der Waals surface area (Å²) in [5.41, 5.74) is 3.63. The molecule has 1 aromatic carbocycles. The van der Waals surface area contributed by atoms with Gasteiger partial charge in [0.1, 0.15) is 11.8 Å². The molecule has 8 nitrogen and oxygen atoms in total. The fourth-order valence-electron chi connectivity index (χ4n) is 3.29. The van der Waals surface area contributed by atoms with Crippen molar-refractivity contribution in [1.82, 2.24) is 20.8 Å². The molecule has 8 heteroatoms. The van der Waals surface area contributed by atoms with Crippen molar-refractivity contribution in [2.75, 3.05) is 24.6 Å². The average molecular weight is 367 g/mol. The fourth-order valence-corrected chi connectivity index (χ4v) is 3.29. The predicted octanol–water partition coefficient (Wildman–Crippen LogP) is 0.699. The van der Waals surface area contributed by atoms with Gasteiger partial charge in [0.25, 0.3) is 5.91 Å². The van der Waals surface area contributed by atoms with E-state index in [2.05, 4.69) is 37.9 Å². The maximum Gasteiger partial charge on any atom is 0.258 e. The van der Waals surface area contributed by atoms with Gasteiger partial charge in [-0.2, -0.15) is 5.10 Å². The first kappa shape index (κ1) is 17.4. The lowest BCUT2D eigenvalue weighted by atomic mass is 10.1. The summed E-state index contributed by atoms with van der Waals surface area (Å²) >= 11 is 0. The first-order chi connectivity index (χ1) is 13.1. The molecule has 2 aromatic rings. The van der Waals surface area contributed by atoms with E-state index in [9.17, 15) is 9.90 Å². The fraction of sp³-hybridized carbons (Fsp3) is 0.316. The van der Waals surface area contributed by atoms with E-state index in [1.807, 2.05) is 31.2 Å². The van der Waals surface area contributed by atoms with Crippen LogP contribution in [0.15, 0.2) is 42.6 Å². The lowest BCUT2D eigenvalue weighted by Crippen LogP contribution is -2.47. The third-order valence-corrected chi connectivity index (χ3v) is 4.70. The predicted molar refractivity (Wildman–Crippen MR) is 99.4 cm³/mol. The van der Waals surface area contributed by atoms with Crippen molar-refractivity contribution in [2.45, 2.75) is 19.4 Å². The van der Waals surface area contributed by atoms with Crippen LogP contribution in [-0.2, 0) is 9.53 Å². The van der Waals surface area contributed by atoms with Gasteiger partial charge in [-0.25, -0.2) is 0 Å². The van der Waals surface area contributed by atoms with Crippen LogP contribution in [0.1, 0.15) is 23.1 Å². The average Bonchev–Trinajstić information content (AvgIpc) is 2.69. The Labute approximate surface area is 156 Å². The maximum atomic E-state index is 12.1. The van der Waals surface area contributed by atoms with Crippen LogP contribution in [0, 0.1) is 6.92 Å². The highest BCUT2D eigenvalue weighted by Crippen LogP contribution is 2.29. The number of nitrogens with one attached hydrogen (secondary N) is 2. The van der Waals surface area contributed by atoms with Gasteiger partial charge in [-0.1, -0.05) is 30.3 Å². The molecule has 3 N–H and O–H groups in total. The molecule has 3 heterocycles. The van der Waals surface area contributed by atoms with Crippen LogP contribution in [0.5, 0.6) is 0 Å². The lowest BCUT2D eigenvalue weighted by Gasteiger charge is -2.35. The highest BCUT2D eigenvalue weighted by molar-refractivity contribution is 6.19. The third-order valence-electron chi connectivity index (χ3n) is 4.70. The van der Waals surface area contributed by atoms with E-state index in [0.717, 1.165) is 23.5 Å². The normalized spacial score (nSPS) is 22.7. The van der Waals surface area contributed by atoms with E-state index in [1.54, 1.807) is 0 Å². The minimum absolute atomic E-state index is 0.0232. The Morgan fingerprint density at radius 3 is 2.85 bits per heavy atom. The van der Waals surface area contributed by atoms with Gasteiger partial charge in [-0.05, 0) is 18.6 Å². The molecule has 2 unspecified atom stereocenters. The lowest BCUT2D eigenvalue weighted by molar-refractivity contribution is -0.119. The van der Waals surface area contributed by atoms with Crippen LogP contribution in [-0.4, -0.2) is 47.3 Å². The topological polar surface area (TPSA) is 99.6 Å². The van der Waals surface area contributed by atoms with Crippen LogP contribution in [0.3, 0.4) is 0 Å². The number of aryl methyl sites for hydroxylation is 1. The summed E-state index contributed by atoms with van der Waals surface area (Å²) in [5, 5.41) is 22.9. The van der Waals surface area contributed by atoms with Crippen molar-refractivity contribution in [1.29, 1.82) is 0 Å². The first-order valence-electron chi connectivity index (χ1n) is 8.83. The van der Waals surface area contributed by atoms with Gasteiger partial charge < -0.3 is 25.4 Å². The van der Waals surface area contributed by atoms with Gasteiger partial charge in [0.2, 0.25) is 6.35 Å². The van der Waals surface area contributed by atoms with Crippen LogP contribution in [0.4, 0.5) is 5.69 Å². The van der Waals surface area contributed by atoms with Crippen molar-refractivity contribution < 1.29 is 14.6 Å². The van der Waals surface area contributed by atoms with Gasteiger partial charge in [-0.3, -0.25) is 4.79 Å². The van der Waals surface area contributed by atoms with Gasteiger partial charge in [0, 0.05) is 19.3 Å². The molecule has 2 aliphatic rings. The van der Waals surface area contributed by atoms with E-state index >= 15 is 0 Å². The van der Waals surface area contributed by atoms with Crippen LogP contribution >= 0.6 is 0 Å². The SMILES string of the molecule is Cc1nnc(C2=CNC(O)NC2=O)cc1N1CCOC(c2ccccc2)C1. The largest absolute Gasteiger partial charge is 0.370 e. The number of amides is 1. The molecule has 0 radical (unpaired) electrons. The Kier molecular flexibility index (Phi) is 4.74. The van der Waals surface area contributed by atoms with E-state index < -0.39 is 12.3 Å². The van der Waals surface area contributed by atoms with E-state index in [4.69, 9.17) is 4.74 Å². The van der Waals surface area contributed by atoms with Crippen LogP contribution in [0.25, 0.3) is 5.57 Å². The minimum Gasteiger partial charge on any atom is -0.370 e. The van der Waals surface area contributed by atoms with Crippen LogP contribution in [0.2, 0.25) is 0 Å². The smallest absolute Gasteiger partial charge is 0.258 e. The minimum atomic E-state index is -1.09. The number of ether oxygens (including phenoxy) is 1. The second-order valence-corrected chi connectivity index (χ2v) is 6.52. The maximum absolute atomic E-state index is 12.1. The highest BCUT2D eigenvalue weighted by Gasteiger charge is 2.26. The summed E-state index contributed by atoms with van der Waals surface area (Å²) in [6.45, 7) is 3.93. The number of nitrogens with zero attached hydrogens (tertiary/aromatic N) is 3. The summed E-state index contributed by atoms with van der Waals surface area (Å²) in [6, 6.07) is 12.0. The van der Waals surface area contributed by atoms with Crippen molar-refractivity contribution in [3.05, 3.63) is 59.5 Å². The molecule has 0 aliphatic carbocycles. The zero-order chi connectivity index (χ0) is 18.8. The van der Waals surface area contributed by atoms with Crippen molar-refractivity contribution >= 4 is 17.2 Å². The molecule has 1 aromatic heterocycles. The van der Waals surface area contributed by atoms with Gasteiger partial charge in [0.05, 0.1) is 23.6 Å². The number of benzene rings is 1. The second-order valence-electron chi connectivity index (χ2n) is 6.52. The summed E-state index contributed by atoms with van der Waals surface area (Å²) in [5.74, 6) is -0.394. The number of aliphatic hydroxyl groups is 1. The van der Waals surface area contributed by atoms with Crippen molar-refractivity contribution in [2.24, 2.45) is 0 Å². The molecule has 4 rings (SSSR count). The number of anilines is 1. The van der Waals surface area contributed by atoms with E-state index in [1.165, 1.54) is 6.20 Å². The summed E-state index contributed by atoms with van der Waals surface area (Å²) in [4.78, 5) is 14.3. The van der Waals surface area contributed by atoms with Crippen LogP contribution < -0.4 is 15.5 Å². The van der Waals surface area contributed by atoms with Crippen molar-refractivity contribution in [3.63, 3.8) is 0 Å². The molecule has 1 saturated heterocycles. The zero-order valence-electron chi connectivity index (χ0n) is 14.9. The Hall–Kier alpha value is -2.97. The number of carbonyl (C=O) groups is 1. The molecule has 0 saturated carbocycles. The molecule has 2 aliphatic heterocycles. The Balaban J connectivity index is 1.61. The molecule has 27 heavy (non-hydrogen) atoms. The number of hydrogen-bond donors (Lipinski definition) is 3. The number of carbonyl (C=O) groups excluding carboxylic acids is 1. The van der Waals surface area contributed by atoms with Gasteiger partial charge in [0.15, 0.2) is 0 Å². The molecule has 2 atom stereocenters. The first-order valence-corrected chi connectivity index (χ1v) is 8.83. The molecule has 0 spiro atoms. The Morgan fingerprint density at radius 1 is 1.26 bits per heavy atom. The van der Waals surface area contributed by atoms with Gasteiger partial charge in [-0.15, -0.1) is 5.10 Å². The number of aliphatic hydroxyl groups excluding tert-OH is 1. The molecule has 1 amide bonds. The molecule has 1 fully saturated rings. The zero-order valence-corrected chi connectivity index (χ0v) is 14.9. The molecular weight excluding hydrogens is 346 g/mol. The molecule has 140 valence electrons. The van der Waals surface area contributed by atoms with E-state index in [-0.39, 0.29) is 6.10 Å².